The van der Waals surface area contributed by atoms with E-state index < -0.39 is 5.92 Å². The normalized spacial score (nSPS) is 11.5. The zero-order valence-electron chi connectivity index (χ0n) is 11.7. The summed E-state index contributed by atoms with van der Waals surface area (Å²) in [5, 5.41) is 9.18. The highest BCUT2D eigenvalue weighted by molar-refractivity contribution is 5.81. The number of hydrogen-bond donors (Lipinski definition) is 0. The number of benzene rings is 1. The van der Waals surface area contributed by atoms with Crippen LogP contribution in [-0.2, 0) is 11.2 Å². The maximum atomic E-state index is 12.1. The Balaban J connectivity index is 2.76. The van der Waals surface area contributed by atoms with Crippen molar-refractivity contribution in [2.75, 3.05) is 20.2 Å². The van der Waals surface area contributed by atoms with Crippen LogP contribution in [0.4, 0.5) is 0 Å². The quantitative estimate of drug-likeness (QED) is 0.788. The molecule has 0 spiro atoms. The lowest BCUT2D eigenvalue weighted by Crippen LogP contribution is -2.36. The molecule has 102 valence electrons. The highest BCUT2D eigenvalue weighted by Gasteiger charge is 2.22. The van der Waals surface area contributed by atoms with Crippen LogP contribution in [0.15, 0.2) is 24.3 Å². The van der Waals surface area contributed by atoms with E-state index in [1.165, 1.54) is 0 Å². The molecule has 0 aromatic heterocycles. The standard InChI is InChI=1S/C15H20N2O2/c1-4-17(5-2)15(18)13(11-16)10-12-6-8-14(19-3)9-7-12/h6-9,13H,4-5,10H2,1-3H3. The van der Waals surface area contributed by atoms with E-state index in [1.54, 1.807) is 12.0 Å². The number of ether oxygens (including phenoxy) is 1. The minimum Gasteiger partial charge on any atom is -0.497 e. The van der Waals surface area contributed by atoms with Crippen molar-refractivity contribution in [2.45, 2.75) is 20.3 Å². The van der Waals surface area contributed by atoms with Gasteiger partial charge < -0.3 is 9.64 Å². The number of nitrogens with zero attached hydrogens (tertiary/aromatic N) is 2. The van der Waals surface area contributed by atoms with Crippen LogP contribution >= 0.6 is 0 Å². The number of rotatable bonds is 6. The molecular formula is C15H20N2O2. The lowest BCUT2D eigenvalue weighted by atomic mass is 9.99. The average Bonchev–Trinajstić information content (AvgIpc) is 2.46. The van der Waals surface area contributed by atoms with Crippen LogP contribution in [0.3, 0.4) is 0 Å². The first-order valence-corrected chi connectivity index (χ1v) is 6.47. The van der Waals surface area contributed by atoms with Gasteiger partial charge in [0.1, 0.15) is 11.7 Å². The number of hydrogen-bond acceptors (Lipinski definition) is 3. The fourth-order valence-electron chi connectivity index (χ4n) is 1.94. The molecule has 0 bridgehead atoms. The fourth-order valence-corrected chi connectivity index (χ4v) is 1.94. The third kappa shape index (κ3) is 3.99. The molecule has 0 aliphatic carbocycles. The Hall–Kier alpha value is -2.02. The second-order valence-electron chi connectivity index (χ2n) is 4.24. The molecule has 1 unspecified atom stereocenters. The van der Waals surface area contributed by atoms with Gasteiger partial charge in [-0.1, -0.05) is 12.1 Å². The number of methoxy groups -OCH3 is 1. The zero-order chi connectivity index (χ0) is 14.3. The van der Waals surface area contributed by atoms with Crippen LogP contribution < -0.4 is 4.74 Å². The van der Waals surface area contributed by atoms with Crippen molar-refractivity contribution in [3.05, 3.63) is 29.8 Å². The van der Waals surface area contributed by atoms with E-state index >= 15 is 0 Å². The summed E-state index contributed by atoms with van der Waals surface area (Å²) in [5.74, 6) is 0.0592. The Labute approximate surface area is 114 Å². The van der Waals surface area contributed by atoms with E-state index in [0.717, 1.165) is 11.3 Å². The lowest BCUT2D eigenvalue weighted by Gasteiger charge is -2.21. The summed E-state index contributed by atoms with van der Waals surface area (Å²) in [6, 6.07) is 9.56. The average molecular weight is 260 g/mol. The maximum absolute atomic E-state index is 12.1. The molecule has 4 nitrogen and oxygen atoms in total. The Bertz CT molecular complexity index is 444. The maximum Gasteiger partial charge on any atom is 0.240 e. The predicted octanol–water partition coefficient (Wildman–Crippen LogP) is 2.25. The van der Waals surface area contributed by atoms with Gasteiger partial charge in [0, 0.05) is 13.1 Å². The van der Waals surface area contributed by atoms with Gasteiger partial charge >= 0.3 is 0 Å². The predicted molar refractivity (Wildman–Crippen MR) is 73.7 cm³/mol. The minimum atomic E-state index is -0.617. The second kappa shape index (κ2) is 7.42. The number of nitriles is 1. The van der Waals surface area contributed by atoms with Crippen LogP contribution in [0.1, 0.15) is 19.4 Å². The molecule has 0 fully saturated rings. The molecule has 0 radical (unpaired) electrons. The van der Waals surface area contributed by atoms with Gasteiger partial charge in [-0.05, 0) is 38.0 Å². The largest absolute Gasteiger partial charge is 0.497 e. The molecule has 19 heavy (non-hydrogen) atoms. The van der Waals surface area contributed by atoms with Gasteiger partial charge in [0.15, 0.2) is 0 Å². The summed E-state index contributed by atoms with van der Waals surface area (Å²) in [7, 11) is 1.61. The molecule has 0 aliphatic heterocycles. The summed E-state index contributed by atoms with van der Waals surface area (Å²) in [4.78, 5) is 13.8. The highest BCUT2D eigenvalue weighted by atomic mass is 16.5. The monoisotopic (exact) mass is 260 g/mol. The third-order valence-electron chi connectivity index (χ3n) is 3.13. The molecular weight excluding hydrogens is 240 g/mol. The summed E-state index contributed by atoms with van der Waals surface area (Å²) in [5.41, 5.74) is 0.966. The van der Waals surface area contributed by atoms with Crippen molar-refractivity contribution >= 4 is 5.91 Å². The molecule has 4 heteroatoms. The third-order valence-corrected chi connectivity index (χ3v) is 3.13. The summed E-state index contributed by atoms with van der Waals surface area (Å²) < 4.78 is 5.08. The topological polar surface area (TPSA) is 53.3 Å². The molecule has 1 atom stereocenters. The Kier molecular flexibility index (Phi) is 5.87. The SMILES string of the molecule is CCN(CC)C(=O)C(C#N)Cc1ccc(OC)cc1. The van der Waals surface area contributed by atoms with Gasteiger partial charge in [-0.25, -0.2) is 0 Å². The molecule has 1 rings (SSSR count). The first-order chi connectivity index (χ1) is 9.15. The Morgan fingerprint density at radius 3 is 2.32 bits per heavy atom. The molecule has 0 saturated heterocycles. The Morgan fingerprint density at radius 2 is 1.89 bits per heavy atom. The number of carbonyl (C=O) groups excluding carboxylic acids is 1. The van der Waals surface area contributed by atoms with Crippen LogP contribution in [0.25, 0.3) is 0 Å². The first kappa shape index (κ1) is 15.0. The van der Waals surface area contributed by atoms with E-state index in [-0.39, 0.29) is 5.91 Å². The van der Waals surface area contributed by atoms with Crippen molar-refractivity contribution in [1.82, 2.24) is 4.90 Å². The van der Waals surface area contributed by atoms with E-state index in [2.05, 4.69) is 6.07 Å². The summed E-state index contributed by atoms with van der Waals surface area (Å²) in [6.45, 7) is 5.11. The molecule has 0 heterocycles. The van der Waals surface area contributed by atoms with E-state index in [1.807, 2.05) is 38.1 Å². The van der Waals surface area contributed by atoms with Crippen molar-refractivity contribution in [3.63, 3.8) is 0 Å². The van der Waals surface area contributed by atoms with Crippen molar-refractivity contribution in [2.24, 2.45) is 5.92 Å². The fraction of sp³-hybridized carbons (Fsp3) is 0.467. The molecule has 0 aliphatic rings. The van der Waals surface area contributed by atoms with Crippen molar-refractivity contribution in [1.29, 1.82) is 5.26 Å². The second-order valence-corrected chi connectivity index (χ2v) is 4.24. The van der Waals surface area contributed by atoms with E-state index in [4.69, 9.17) is 4.74 Å². The van der Waals surface area contributed by atoms with Gasteiger partial charge in [-0.15, -0.1) is 0 Å². The smallest absolute Gasteiger partial charge is 0.240 e. The van der Waals surface area contributed by atoms with Gasteiger partial charge in [0.25, 0.3) is 0 Å². The van der Waals surface area contributed by atoms with Crippen LogP contribution in [0.5, 0.6) is 5.75 Å². The van der Waals surface area contributed by atoms with Gasteiger partial charge in [0.05, 0.1) is 13.2 Å². The molecule has 1 aromatic rings. The summed E-state index contributed by atoms with van der Waals surface area (Å²) >= 11 is 0. The molecule has 0 saturated carbocycles. The van der Waals surface area contributed by atoms with E-state index in [0.29, 0.717) is 19.5 Å². The zero-order valence-corrected chi connectivity index (χ0v) is 11.7. The van der Waals surface area contributed by atoms with Gasteiger partial charge in [0.2, 0.25) is 5.91 Å². The minimum absolute atomic E-state index is 0.0941. The van der Waals surface area contributed by atoms with Crippen molar-refractivity contribution < 1.29 is 9.53 Å². The van der Waals surface area contributed by atoms with Gasteiger partial charge in [-0.2, -0.15) is 5.26 Å². The molecule has 1 amide bonds. The Morgan fingerprint density at radius 1 is 1.32 bits per heavy atom. The molecule has 1 aromatic carbocycles. The summed E-state index contributed by atoms with van der Waals surface area (Å²) in [6.07, 6.45) is 0.440. The first-order valence-electron chi connectivity index (χ1n) is 6.47. The van der Waals surface area contributed by atoms with Crippen LogP contribution in [0, 0.1) is 17.2 Å². The van der Waals surface area contributed by atoms with Crippen LogP contribution in [-0.4, -0.2) is 31.0 Å². The lowest BCUT2D eigenvalue weighted by molar-refractivity contribution is -0.133. The number of amides is 1. The van der Waals surface area contributed by atoms with Crippen LogP contribution in [0.2, 0.25) is 0 Å². The molecule has 0 N–H and O–H groups in total. The van der Waals surface area contributed by atoms with Gasteiger partial charge in [-0.3, -0.25) is 4.79 Å². The van der Waals surface area contributed by atoms with Crippen molar-refractivity contribution in [3.8, 4) is 11.8 Å². The van der Waals surface area contributed by atoms with E-state index in [9.17, 15) is 10.1 Å². The number of carbonyl (C=O) groups is 1. The highest BCUT2D eigenvalue weighted by Crippen LogP contribution is 2.16.